The molecule has 1 unspecified atom stereocenters. The van der Waals surface area contributed by atoms with E-state index >= 15 is 0 Å². The molecule has 0 amide bonds. The number of nitriles is 1. The second-order valence-corrected chi connectivity index (χ2v) is 15.8. The highest BCUT2D eigenvalue weighted by Crippen LogP contribution is 2.39. The molecule has 2 aliphatic heterocycles. The monoisotopic (exact) mass is 826 g/mol. The van der Waals surface area contributed by atoms with Crippen molar-refractivity contribution in [2.45, 2.75) is 70.6 Å². The Bertz CT molecular complexity index is 2190. The Morgan fingerprint density at radius 3 is 2.64 bits per heavy atom. The smallest absolute Gasteiger partial charge is 0.293 e. The zero-order valence-corrected chi connectivity index (χ0v) is 33.1. The number of rotatable bonds is 16. The van der Waals surface area contributed by atoms with Crippen LogP contribution in [0.2, 0.25) is 5.02 Å². The zero-order chi connectivity index (χ0) is 38.4. The SMILES string of the molecule is CC1(OC=O)CCN(Cc2cc(Cl)c(OCc3cccc(-c4cccc5c4cnn5CCCCN4CC[C@@H](O)C4)c3Br)cc2OCc2cncc(C#N)c2)C1. The number of likely N-dealkylation sites (tertiary alicyclic amines) is 2. The van der Waals surface area contributed by atoms with Crippen LogP contribution in [0.3, 0.4) is 0 Å². The van der Waals surface area contributed by atoms with Gasteiger partial charge in [0, 0.05) is 90.7 Å². The summed E-state index contributed by atoms with van der Waals surface area (Å²) in [6, 6.07) is 20.0. The molecule has 13 heteroatoms. The molecule has 55 heavy (non-hydrogen) atoms. The van der Waals surface area contributed by atoms with Gasteiger partial charge in [-0.1, -0.05) is 41.9 Å². The molecule has 0 bridgehead atoms. The molecular formula is C42H44BrClN6O5. The van der Waals surface area contributed by atoms with E-state index in [1.165, 1.54) is 6.20 Å². The van der Waals surface area contributed by atoms with E-state index < -0.39 is 5.60 Å². The fraction of sp³-hybridized carbons (Fsp3) is 0.381. The van der Waals surface area contributed by atoms with Crippen LogP contribution in [-0.2, 0) is 35.8 Å². The van der Waals surface area contributed by atoms with Gasteiger partial charge in [0.2, 0.25) is 0 Å². The van der Waals surface area contributed by atoms with E-state index in [4.69, 9.17) is 30.9 Å². The number of aryl methyl sites for hydroxylation is 1. The van der Waals surface area contributed by atoms with Crippen LogP contribution in [-0.4, -0.2) is 80.6 Å². The molecule has 2 saturated heterocycles. The van der Waals surface area contributed by atoms with Gasteiger partial charge in [-0.2, -0.15) is 10.4 Å². The molecule has 7 rings (SSSR count). The van der Waals surface area contributed by atoms with Crippen molar-refractivity contribution in [3.05, 3.63) is 105 Å². The number of ether oxygens (including phenoxy) is 3. The molecule has 0 spiro atoms. The number of aliphatic hydroxyl groups excluding tert-OH is 1. The Kier molecular flexibility index (Phi) is 12.3. The van der Waals surface area contributed by atoms with Crippen LogP contribution in [0, 0.1) is 11.3 Å². The molecule has 0 radical (unpaired) electrons. The van der Waals surface area contributed by atoms with E-state index in [1.807, 2.05) is 37.4 Å². The number of carbonyl (C=O) groups is 1. The standard InChI is InChI=1S/C42H44BrClN6O5/c1-42(55-28-51)11-15-49(27-42)23-32-17-37(44)40(18-39(32)53-25-30-16-29(19-45)20-46-21-30)54-26-31-6-4-8-35(41(31)43)34-7-5-9-38-36(34)22-47-50(38)13-3-2-12-48-14-10-33(52)24-48/h4-9,16-18,20-22,28,33,52H,2-3,10-15,23-27H2,1H3/t33-,42?/m1/s1. The Labute approximate surface area is 334 Å². The maximum absolute atomic E-state index is 11.1. The minimum atomic E-state index is -0.549. The minimum absolute atomic E-state index is 0.185. The lowest BCUT2D eigenvalue weighted by molar-refractivity contribution is -0.140. The molecule has 3 aromatic carbocycles. The number of nitrogens with zero attached hydrogens (tertiary/aromatic N) is 6. The number of hydrogen-bond donors (Lipinski definition) is 1. The average Bonchev–Trinajstić information content (AvgIpc) is 3.91. The lowest BCUT2D eigenvalue weighted by Crippen LogP contribution is -2.32. The zero-order valence-electron chi connectivity index (χ0n) is 30.8. The number of halogens is 2. The summed E-state index contributed by atoms with van der Waals surface area (Å²) in [5.74, 6) is 1.07. The van der Waals surface area contributed by atoms with Crippen molar-refractivity contribution in [2.75, 3.05) is 32.7 Å². The molecule has 4 heterocycles. The minimum Gasteiger partial charge on any atom is -0.488 e. The van der Waals surface area contributed by atoms with E-state index in [9.17, 15) is 15.2 Å². The fourth-order valence-corrected chi connectivity index (χ4v) is 8.36. The van der Waals surface area contributed by atoms with E-state index in [-0.39, 0.29) is 19.3 Å². The molecule has 2 aromatic heterocycles. The van der Waals surface area contributed by atoms with Crippen LogP contribution in [0.4, 0.5) is 0 Å². The first-order valence-electron chi connectivity index (χ1n) is 18.6. The van der Waals surface area contributed by atoms with Crippen molar-refractivity contribution in [3.63, 3.8) is 0 Å². The van der Waals surface area contributed by atoms with Gasteiger partial charge in [0.25, 0.3) is 6.47 Å². The van der Waals surface area contributed by atoms with Gasteiger partial charge in [-0.3, -0.25) is 19.4 Å². The lowest BCUT2D eigenvalue weighted by Gasteiger charge is -2.24. The van der Waals surface area contributed by atoms with E-state index in [1.54, 1.807) is 12.3 Å². The molecule has 1 N–H and O–H groups in total. The van der Waals surface area contributed by atoms with Crippen LogP contribution in [0.5, 0.6) is 11.5 Å². The topological polar surface area (TPSA) is 126 Å². The Morgan fingerprint density at radius 1 is 1.00 bits per heavy atom. The highest BCUT2D eigenvalue weighted by atomic mass is 79.9. The molecule has 286 valence electrons. The van der Waals surface area contributed by atoms with Crippen molar-refractivity contribution in [1.29, 1.82) is 5.26 Å². The third-order valence-electron chi connectivity index (χ3n) is 10.5. The number of unbranched alkanes of at least 4 members (excludes halogenated alkanes) is 1. The van der Waals surface area contributed by atoms with Gasteiger partial charge in [0.15, 0.2) is 0 Å². The van der Waals surface area contributed by atoms with Gasteiger partial charge >= 0.3 is 0 Å². The predicted molar refractivity (Wildman–Crippen MR) is 214 cm³/mol. The van der Waals surface area contributed by atoms with Gasteiger partial charge in [0.05, 0.1) is 28.4 Å². The van der Waals surface area contributed by atoms with Crippen molar-refractivity contribution in [2.24, 2.45) is 0 Å². The van der Waals surface area contributed by atoms with Crippen LogP contribution >= 0.6 is 27.5 Å². The van der Waals surface area contributed by atoms with Crippen molar-refractivity contribution < 1.29 is 24.1 Å². The number of hydrogen-bond acceptors (Lipinski definition) is 10. The first-order valence-corrected chi connectivity index (χ1v) is 19.8. The van der Waals surface area contributed by atoms with Crippen LogP contribution in [0.1, 0.15) is 54.9 Å². The first kappa shape index (κ1) is 38.8. The van der Waals surface area contributed by atoms with Crippen molar-refractivity contribution in [3.8, 4) is 28.7 Å². The molecule has 5 aromatic rings. The summed E-state index contributed by atoms with van der Waals surface area (Å²) in [6.45, 7) is 8.34. The number of benzene rings is 3. The van der Waals surface area contributed by atoms with Gasteiger partial charge in [-0.15, -0.1) is 0 Å². The number of aliphatic hydroxyl groups is 1. The summed E-state index contributed by atoms with van der Waals surface area (Å²) in [4.78, 5) is 19.8. The molecule has 2 fully saturated rings. The van der Waals surface area contributed by atoms with Gasteiger partial charge in [-0.25, -0.2) is 0 Å². The van der Waals surface area contributed by atoms with Crippen molar-refractivity contribution >= 4 is 44.9 Å². The molecule has 2 atom stereocenters. The van der Waals surface area contributed by atoms with Gasteiger partial charge in [0.1, 0.15) is 36.4 Å². The third-order valence-corrected chi connectivity index (χ3v) is 11.7. The van der Waals surface area contributed by atoms with E-state index in [0.717, 1.165) is 102 Å². The maximum Gasteiger partial charge on any atom is 0.293 e. The fourth-order valence-electron chi connectivity index (χ4n) is 7.53. The lowest BCUT2D eigenvalue weighted by atomic mass is 10.00. The highest BCUT2D eigenvalue weighted by Gasteiger charge is 2.35. The normalized spacial score (nSPS) is 18.8. The summed E-state index contributed by atoms with van der Waals surface area (Å²) >= 11 is 10.8. The molecule has 2 aliphatic rings. The van der Waals surface area contributed by atoms with E-state index in [0.29, 0.717) is 41.6 Å². The number of carbonyl (C=O) groups excluding carboxylic acids is 1. The summed E-state index contributed by atoms with van der Waals surface area (Å²) < 4.78 is 21.1. The average molecular weight is 828 g/mol. The highest BCUT2D eigenvalue weighted by molar-refractivity contribution is 9.10. The first-order chi connectivity index (χ1) is 26.7. The Balaban J connectivity index is 1.07. The quantitative estimate of drug-likeness (QED) is 0.0789. The number of fused-ring (bicyclic) bond motifs is 1. The van der Waals surface area contributed by atoms with Crippen molar-refractivity contribution in [1.82, 2.24) is 24.6 Å². The third kappa shape index (κ3) is 9.31. The summed E-state index contributed by atoms with van der Waals surface area (Å²) in [7, 11) is 0. The summed E-state index contributed by atoms with van der Waals surface area (Å²) in [5, 5.41) is 25.5. The molecule has 0 saturated carbocycles. The number of pyridine rings is 1. The molecule has 11 nitrogen and oxygen atoms in total. The van der Waals surface area contributed by atoms with Gasteiger partial charge in [-0.05, 0) is 78.0 Å². The summed E-state index contributed by atoms with van der Waals surface area (Å²) in [6.07, 6.45) is 8.62. The Hall–Kier alpha value is -4.51. The Morgan fingerprint density at radius 2 is 1.82 bits per heavy atom. The largest absolute Gasteiger partial charge is 0.488 e. The number of β-amino-alcohol motifs (C(OH)–C–C–N with tert-alkyl or cyclic N) is 1. The maximum atomic E-state index is 11.1. The van der Waals surface area contributed by atoms with Gasteiger partial charge < -0.3 is 24.2 Å². The summed E-state index contributed by atoms with van der Waals surface area (Å²) in [5.41, 5.74) is 5.68. The predicted octanol–water partition coefficient (Wildman–Crippen LogP) is 7.53. The second kappa shape index (κ2) is 17.5. The molecular weight excluding hydrogens is 784 g/mol. The van der Waals surface area contributed by atoms with E-state index in [2.05, 4.69) is 65.7 Å². The van der Waals surface area contributed by atoms with Crippen LogP contribution < -0.4 is 9.47 Å². The second-order valence-electron chi connectivity index (χ2n) is 14.6. The van der Waals surface area contributed by atoms with Crippen LogP contribution in [0.25, 0.3) is 22.0 Å². The number of aromatic nitrogens is 3. The van der Waals surface area contributed by atoms with Crippen LogP contribution in [0.15, 0.2) is 77.7 Å². The molecule has 0 aliphatic carbocycles.